The van der Waals surface area contributed by atoms with Crippen molar-refractivity contribution in [2.45, 2.75) is 23.2 Å². The molecule has 0 aliphatic carbocycles. The second kappa shape index (κ2) is 6.69. The fourth-order valence-corrected chi connectivity index (χ4v) is 3.13. The lowest BCUT2D eigenvalue weighted by atomic mass is 10.5. The number of hydrogen-bond donors (Lipinski definition) is 2. The highest BCUT2D eigenvalue weighted by molar-refractivity contribution is 8.01. The number of nitrogen functional groups attached to an aromatic ring is 1. The van der Waals surface area contributed by atoms with Crippen LogP contribution in [-0.2, 0) is 0 Å². The van der Waals surface area contributed by atoms with Gasteiger partial charge in [0.2, 0.25) is 11.9 Å². The van der Waals surface area contributed by atoms with Crippen LogP contribution >= 0.6 is 23.1 Å². The van der Waals surface area contributed by atoms with E-state index in [0.717, 1.165) is 17.3 Å². The van der Waals surface area contributed by atoms with Gasteiger partial charge < -0.3 is 4.90 Å². The van der Waals surface area contributed by atoms with E-state index in [0.29, 0.717) is 17.1 Å². The van der Waals surface area contributed by atoms with E-state index >= 15 is 0 Å². The summed E-state index contributed by atoms with van der Waals surface area (Å²) in [7, 11) is 0. The van der Waals surface area contributed by atoms with Gasteiger partial charge in [-0.1, -0.05) is 6.07 Å². The van der Waals surface area contributed by atoms with Crippen molar-refractivity contribution >= 4 is 35.0 Å². The number of thiophene rings is 1. The topological polar surface area (TPSA) is 80.0 Å². The standard InChI is InChI=1S/C11H16N6S2/c1-3-17(4-2)10-13-9(16-12)14-11(15-10)19-8-6-5-7-18-8/h5-7H,3-4,12H2,1-2H3,(H,13,14,15,16). The molecule has 2 heterocycles. The lowest BCUT2D eigenvalue weighted by molar-refractivity contribution is 0.783. The van der Waals surface area contributed by atoms with E-state index in [4.69, 9.17) is 5.84 Å². The van der Waals surface area contributed by atoms with Crippen molar-refractivity contribution in [2.24, 2.45) is 5.84 Å². The molecule has 0 unspecified atom stereocenters. The number of hydrogen-bond acceptors (Lipinski definition) is 8. The van der Waals surface area contributed by atoms with Gasteiger partial charge in [-0.05, 0) is 37.1 Å². The molecule has 0 spiro atoms. The van der Waals surface area contributed by atoms with E-state index < -0.39 is 0 Å². The first-order valence-electron chi connectivity index (χ1n) is 5.95. The quantitative estimate of drug-likeness (QED) is 0.625. The van der Waals surface area contributed by atoms with Crippen molar-refractivity contribution in [1.82, 2.24) is 15.0 Å². The average molecular weight is 296 g/mol. The van der Waals surface area contributed by atoms with Gasteiger partial charge in [0.15, 0.2) is 5.16 Å². The van der Waals surface area contributed by atoms with Gasteiger partial charge >= 0.3 is 0 Å². The predicted molar refractivity (Wildman–Crippen MR) is 79.6 cm³/mol. The van der Waals surface area contributed by atoms with Crippen LogP contribution in [0, 0.1) is 0 Å². The number of nitrogens with two attached hydrogens (primary N) is 1. The molecule has 3 N–H and O–H groups in total. The lowest BCUT2D eigenvalue weighted by Gasteiger charge is -2.19. The Balaban J connectivity index is 2.30. The highest BCUT2D eigenvalue weighted by Crippen LogP contribution is 2.29. The van der Waals surface area contributed by atoms with Crippen molar-refractivity contribution in [2.75, 3.05) is 23.4 Å². The normalized spacial score (nSPS) is 10.5. The lowest BCUT2D eigenvalue weighted by Crippen LogP contribution is -2.25. The van der Waals surface area contributed by atoms with Gasteiger partial charge in [-0.15, -0.1) is 11.3 Å². The van der Waals surface area contributed by atoms with Gasteiger partial charge in [0.1, 0.15) is 0 Å². The van der Waals surface area contributed by atoms with Gasteiger partial charge in [-0.3, -0.25) is 5.43 Å². The highest BCUT2D eigenvalue weighted by Gasteiger charge is 2.11. The molecule has 0 aromatic carbocycles. The van der Waals surface area contributed by atoms with Crippen LogP contribution in [0.1, 0.15) is 13.8 Å². The third-order valence-corrected chi connectivity index (χ3v) is 4.37. The molecule has 0 saturated carbocycles. The van der Waals surface area contributed by atoms with E-state index in [1.165, 1.54) is 11.8 Å². The predicted octanol–water partition coefficient (Wildman–Crippen LogP) is 2.22. The number of rotatable bonds is 6. The Kier molecular flexibility index (Phi) is 4.94. The molecular weight excluding hydrogens is 280 g/mol. The number of aromatic nitrogens is 3. The minimum absolute atomic E-state index is 0.385. The van der Waals surface area contributed by atoms with Crippen molar-refractivity contribution in [3.63, 3.8) is 0 Å². The molecule has 0 aliphatic rings. The zero-order valence-electron chi connectivity index (χ0n) is 10.8. The Hall–Kier alpha value is -1.38. The third kappa shape index (κ3) is 3.55. The van der Waals surface area contributed by atoms with Crippen LogP contribution in [0.25, 0.3) is 0 Å². The monoisotopic (exact) mass is 296 g/mol. The highest BCUT2D eigenvalue weighted by atomic mass is 32.2. The summed E-state index contributed by atoms with van der Waals surface area (Å²) < 4.78 is 1.14. The van der Waals surface area contributed by atoms with Gasteiger partial charge in [0.25, 0.3) is 0 Å². The third-order valence-electron chi connectivity index (χ3n) is 2.47. The van der Waals surface area contributed by atoms with Crippen molar-refractivity contribution < 1.29 is 0 Å². The summed E-state index contributed by atoms with van der Waals surface area (Å²) in [5.41, 5.74) is 2.49. The SMILES string of the molecule is CCN(CC)c1nc(NN)nc(Sc2cccs2)n1. The van der Waals surface area contributed by atoms with E-state index in [2.05, 4.69) is 39.1 Å². The Labute approximate surface area is 120 Å². The molecule has 0 fully saturated rings. The second-order valence-electron chi connectivity index (χ2n) is 3.59. The number of hydrazine groups is 1. The second-order valence-corrected chi connectivity index (χ2v) is 5.81. The Bertz CT molecular complexity index is 512. The summed E-state index contributed by atoms with van der Waals surface area (Å²) >= 11 is 3.16. The van der Waals surface area contributed by atoms with Crippen molar-refractivity contribution in [3.05, 3.63) is 17.5 Å². The molecule has 6 nitrogen and oxygen atoms in total. The Morgan fingerprint density at radius 1 is 1.32 bits per heavy atom. The smallest absolute Gasteiger partial charge is 0.242 e. The molecule has 0 amide bonds. The minimum atomic E-state index is 0.385. The van der Waals surface area contributed by atoms with Gasteiger partial charge in [0.05, 0.1) is 4.21 Å². The first kappa shape index (κ1) is 14.0. The van der Waals surface area contributed by atoms with E-state index in [9.17, 15) is 0 Å². The van der Waals surface area contributed by atoms with Gasteiger partial charge in [-0.2, -0.15) is 15.0 Å². The fraction of sp³-hybridized carbons (Fsp3) is 0.364. The van der Waals surface area contributed by atoms with Crippen LogP contribution in [0.3, 0.4) is 0 Å². The van der Waals surface area contributed by atoms with E-state index in [1.54, 1.807) is 11.3 Å². The molecule has 0 radical (unpaired) electrons. The molecule has 0 bridgehead atoms. The zero-order chi connectivity index (χ0) is 13.7. The molecule has 2 rings (SSSR count). The molecule has 0 atom stereocenters. The summed E-state index contributed by atoms with van der Waals surface area (Å²) in [6.07, 6.45) is 0. The summed E-state index contributed by atoms with van der Waals surface area (Å²) in [5, 5.41) is 2.67. The summed E-state index contributed by atoms with van der Waals surface area (Å²) in [6, 6.07) is 4.04. The first-order chi connectivity index (χ1) is 9.26. The average Bonchev–Trinajstić information content (AvgIpc) is 2.93. The molecule has 102 valence electrons. The maximum Gasteiger partial charge on any atom is 0.242 e. The minimum Gasteiger partial charge on any atom is -0.341 e. The van der Waals surface area contributed by atoms with Crippen molar-refractivity contribution in [1.29, 1.82) is 0 Å². The molecule has 19 heavy (non-hydrogen) atoms. The first-order valence-corrected chi connectivity index (χ1v) is 7.65. The number of anilines is 2. The van der Waals surface area contributed by atoms with Gasteiger partial charge in [0, 0.05) is 13.1 Å². The molecule has 0 aliphatic heterocycles. The molecular formula is C11H16N6S2. The van der Waals surface area contributed by atoms with E-state index in [-0.39, 0.29) is 0 Å². The van der Waals surface area contributed by atoms with Gasteiger partial charge in [-0.25, -0.2) is 5.84 Å². The zero-order valence-corrected chi connectivity index (χ0v) is 12.5. The maximum absolute atomic E-state index is 5.42. The maximum atomic E-state index is 5.42. The molecule has 8 heteroatoms. The Morgan fingerprint density at radius 3 is 2.68 bits per heavy atom. The Morgan fingerprint density at radius 2 is 2.11 bits per heavy atom. The summed E-state index contributed by atoms with van der Waals surface area (Å²) in [4.78, 5) is 15.1. The summed E-state index contributed by atoms with van der Waals surface area (Å²) in [6.45, 7) is 5.81. The van der Waals surface area contributed by atoms with Crippen LogP contribution in [0.15, 0.2) is 26.9 Å². The number of nitrogens with one attached hydrogen (secondary N) is 1. The molecule has 2 aromatic heterocycles. The molecule has 2 aromatic rings. The largest absolute Gasteiger partial charge is 0.341 e. The van der Waals surface area contributed by atoms with Crippen LogP contribution in [-0.4, -0.2) is 28.0 Å². The fourth-order valence-electron chi connectivity index (χ4n) is 1.52. The number of nitrogens with zero attached hydrogens (tertiary/aromatic N) is 4. The van der Waals surface area contributed by atoms with Crippen LogP contribution in [0.2, 0.25) is 0 Å². The van der Waals surface area contributed by atoms with E-state index in [1.807, 2.05) is 17.5 Å². The molecule has 0 saturated heterocycles. The van der Waals surface area contributed by atoms with Crippen molar-refractivity contribution in [3.8, 4) is 0 Å². The summed E-state index contributed by atoms with van der Waals surface area (Å²) in [5.74, 6) is 6.45. The van der Waals surface area contributed by atoms with Crippen LogP contribution in [0.5, 0.6) is 0 Å². The van der Waals surface area contributed by atoms with Crippen LogP contribution < -0.4 is 16.2 Å². The van der Waals surface area contributed by atoms with Crippen LogP contribution in [0.4, 0.5) is 11.9 Å².